The predicted molar refractivity (Wildman–Crippen MR) is 111 cm³/mol. The lowest BCUT2D eigenvalue weighted by Gasteiger charge is -2.26. The third kappa shape index (κ3) is 6.23. The quantitative estimate of drug-likeness (QED) is 0.745. The van der Waals surface area contributed by atoms with Crippen molar-refractivity contribution in [3.63, 3.8) is 0 Å². The van der Waals surface area contributed by atoms with Gasteiger partial charge in [-0.25, -0.2) is 0 Å². The van der Waals surface area contributed by atoms with E-state index in [1.165, 1.54) is 45.0 Å². The van der Waals surface area contributed by atoms with E-state index in [0.29, 0.717) is 23.6 Å². The Hall–Kier alpha value is -3.04. The molecule has 1 heterocycles. The average molecular weight is 393 g/mol. The maximum Gasteiger partial charge on any atom is 0.258 e. The molecule has 0 atom stereocenters. The molecule has 1 N–H and O–H groups in total. The summed E-state index contributed by atoms with van der Waals surface area (Å²) in [6, 6.07) is 15.3. The number of rotatable bonds is 8. The van der Waals surface area contributed by atoms with Gasteiger partial charge in [0.05, 0.1) is 18.7 Å². The standard InChI is InChI=1S/C23H27N3O3/c1-28-22-13-20(14-24)9-10-21(22)29-17-23(27)25-15-18-5-7-19(8-6-18)16-26-11-3-2-4-12-26/h5-10,13H,2-4,11-12,15-17H2,1H3,(H,25,27). The highest BCUT2D eigenvalue weighted by Crippen LogP contribution is 2.27. The van der Waals surface area contributed by atoms with Crippen LogP contribution in [0.25, 0.3) is 0 Å². The van der Waals surface area contributed by atoms with Gasteiger partial charge in [0.15, 0.2) is 18.1 Å². The number of hydrogen-bond acceptors (Lipinski definition) is 5. The van der Waals surface area contributed by atoms with Gasteiger partial charge in [-0.3, -0.25) is 9.69 Å². The van der Waals surface area contributed by atoms with Crippen LogP contribution >= 0.6 is 0 Å². The molecule has 0 saturated carbocycles. The van der Waals surface area contributed by atoms with Gasteiger partial charge in [0.25, 0.3) is 5.91 Å². The van der Waals surface area contributed by atoms with Crippen LogP contribution in [0, 0.1) is 11.3 Å². The highest BCUT2D eigenvalue weighted by atomic mass is 16.5. The lowest BCUT2D eigenvalue weighted by molar-refractivity contribution is -0.123. The number of hydrogen-bond donors (Lipinski definition) is 1. The molecule has 0 radical (unpaired) electrons. The smallest absolute Gasteiger partial charge is 0.258 e. The largest absolute Gasteiger partial charge is 0.493 e. The van der Waals surface area contributed by atoms with Crippen LogP contribution in [0.1, 0.15) is 36.0 Å². The Kier molecular flexibility index (Phi) is 7.48. The Morgan fingerprint density at radius 3 is 2.48 bits per heavy atom. The molecule has 1 saturated heterocycles. The summed E-state index contributed by atoms with van der Waals surface area (Å²) in [5, 5.41) is 11.8. The van der Waals surface area contributed by atoms with Gasteiger partial charge in [-0.05, 0) is 49.2 Å². The normalized spacial score (nSPS) is 14.1. The van der Waals surface area contributed by atoms with Crippen molar-refractivity contribution >= 4 is 5.91 Å². The lowest BCUT2D eigenvalue weighted by Crippen LogP contribution is -2.29. The van der Waals surface area contributed by atoms with Crippen molar-refractivity contribution in [2.24, 2.45) is 0 Å². The molecule has 1 fully saturated rings. The molecule has 3 rings (SSSR count). The second-order valence-corrected chi connectivity index (χ2v) is 7.20. The van der Waals surface area contributed by atoms with E-state index >= 15 is 0 Å². The highest BCUT2D eigenvalue weighted by molar-refractivity contribution is 5.77. The number of nitrogens with zero attached hydrogens (tertiary/aromatic N) is 2. The summed E-state index contributed by atoms with van der Waals surface area (Å²) in [6.07, 6.45) is 3.93. The monoisotopic (exact) mass is 393 g/mol. The molecule has 0 spiro atoms. The molecule has 0 bridgehead atoms. The fraction of sp³-hybridized carbons (Fsp3) is 0.391. The first-order valence-corrected chi connectivity index (χ1v) is 9.96. The zero-order valence-electron chi connectivity index (χ0n) is 16.8. The summed E-state index contributed by atoms with van der Waals surface area (Å²) in [4.78, 5) is 14.6. The Balaban J connectivity index is 1.44. The molecular weight excluding hydrogens is 366 g/mol. The van der Waals surface area contributed by atoms with E-state index in [1.807, 2.05) is 6.07 Å². The molecule has 0 unspecified atom stereocenters. The van der Waals surface area contributed by atoms with Crippen molar-refractivity contribution in [2.75, 3.05) is 26.8 Å². The molecular formula is C23H27N3O3. The van der Waals surface area contributed by atoms with Gasteiger partial charge in [-0.15, -0.1) is 0 Å². The number of carbonyl (C=O) groups excluding carboxylic acids is 1. The molecule has 0 aromatic heterocycles. The van der Waals surface area contributed by atoms with E-state index in [1.54, 1.807) is 18.2 Å². The number of amides is 1. The van der Waals surface area contributed by atoms with E-state index in [4.69, 9.17) is 14.7 Å². The van der Waals surface area contributed by atoms with Crippen LogP contribution < -0.4 is 14.8 Å². The summed E-state index contributed by atoms with van der Waals surface area (Å²) < 4.78 is 10.7. The number of carbonyl (C=O) groups is 1. The third-order valence-electron chi connectivity index (χ3n) is 5.02. The molecule has 1 aliphatic heterocycles. The van der Waals surface area contributed by atoms with Gasteiger partial charge in [-0.2, -0.15) is 5.26 Å². The number of piperidine rings is 1. The summed E-state index contributed by atoms with van der Waals surface area (Å²) in [5.74, 6) is 0.652. The van der Waals surface area contributed by atoms with E-state index in [9.17, 15) is 4.79 Å². The average Bonchev–Trinajstić information content (AvgIpc) is 2.77. The number of benzene rings is 2. The van der Waals surface area contributed by atoms with Crippen LogP contribution in [0.15, 0.2) is 42.5 Å². The number of methoxy groups -OCH3 is 1. The fourth-order valence-electron chi connectivity index (χ4n) is 3.39. The van der Waals surface area contributed by atoms with E-state index in [-0.39, 0.29) is 12.5 Å². The number of nitrogens with one attached hydrogen (secondary N) is 1. The minimum Gasteiger partial charge on any atom is -0.493 e. The van der Waals surface area contributed by atoms with Crippen molar-refractivity contribution < 1.29 is 14.3 Å². The number of likely N-dealkylation sites (tertiary alicyclic amines) is 1. The van der Waals surface area contributed by atoms with Crippen molar-refractivity contribution in [3.05, 3.63) is 59.2 Å². The van der Waals surface area contributed by atoms with E-state index in [2.05, 4.69) is 34.5 Å². The first-order chi connectivity index (χ1) is 14.2. The second kappa shape index (κ2) is 10.5. The molecule has 1 aliphatic rings. The summed E-state index contributed by atoms with van der Waals surface area (Å²) in [5.41, 5.74) is 2.83. The van der Waals surface area contributed by atoms with Crippen molar-refractivity contribution in [1.82, 2.24) is 10.2 Å². The molecule has 152 valence electrons. The second-order valence-electron chi connectivity index (χ2n) is 7.20. The maximum absolute atomic E-state index is 12.1. The molecule has 6 nitrogen and oxygen atoms in total. The summed E-state index contributed by atoms with van der Waals surface area (Å²) >= 11 is 0. The predicted octanol–water partition coefficient (Wildman–Crippen LogP) is 3.25. The van der Waals surface area contributed by atoms with Crippen LogP contribution in [-0.2, 0) is 17.9 Å². The zero-order chi connectivity index (χ0) is 20.5. The van der Waals surface area contributed by atoms with Gasteiger partial charge in [0.1, 0.15) is 0 Å². The molecule has 29 heavy (non-hydrogen) atoms. The molecule has 0 aliphatic carbocycles. The Labute approximate surface area is 172 Å². The lowest BCUT2D eigenvalue weighted by atomic mass is 10.1. The van der Waals surface area contributed by atoms with Crippen molar-refractivity contribution in [2.45, 2.75) is 32.4 Å². The first kappa shape index (κ1) is 20.7. The third-order valence-corrected chi connectivity index (χ3v) is 5.02. The summed E-state index contributed by atoms with van der Waals surface area (Å²) in [7, 11) is 1.50. The van der Waals surface area contributed by atoms with Crippen LogP contribution in [0.5, 0.6) is 11.5 Å². The van der Waals surface area contributed by atoms with Crippen LogP contribution in [0.3, 0.4) is 0 Å². The van der Waals surface area contributed by atoms with Crippen molar-refractivity contribution in [1.29, 1.82) is 5.26 Å². The topological polar surface area (TPSA) is 74.6 Å². The maximum atomic E-state index is 12.1. The van der Waals surface area contributed by atoms with Crippen LogP contribution in [0.4, 0.5) is 0 Å². The zero-order valence-corrected chi connectivity index (χ0v) is 16.8. The van der Waals surface area contributed by atoms with Gasteiger partial charge in [-0.1, -0.05) is 30.7 Å². The molecule has 6 heteroatoms. The number of ether oxygens (including phenoxy) is 2. The van der Waals surface area contributed by atoms with Crippen LogP contribution in [-0.4, -0.2) is 37.6 Å². The highest BCUT2D eigenvalue weighted by Gasteiger charge is 2.11. The van der Waals surface area contributed by atoms with Crippen LogP contribution in [0.2, 0.25) is 0 Å². The van der Waals surface area contributed by atoms with Gasteiger partial charge in [0.2, 0.25) is 0 Å². The molecule has 1 amide bonds. The molecule has 2 aromatic carbocycles. The van der Waals surface area contributed by atoms with Gasteiger partial charge in [0, 0.05) is 19.2 Å². The Bertz CT molecular complexity index is 853. The van der Waals surface area contributed by atoms with E-state index < -0.39 is 0 Å². The van der Waals surface area contributed by atoms with Gasteiger partial charge < -0.3 is 14.8 Å². The molecule has 2 aromatic rings. The van der Waals surface area contributed by atoms with Crippen molar-refractivity contribution in [3.8, 4) is 17.6 Å². The fourth-order valence-corrected chi connectivity index (χ4v) is 3.39. The summed E-state index contributed by atoms with van der Waals surface area (Å²) in [6.45, 7) is 3.70. The number of nitriles is 1. The van der Waals surface area contributed by atoms with E-state index in [0.717, 1.165) is 12.1 Å². The Morgan fingerprint density at radius 2 is 1.79 bits per heavy atom. The minimum atomic E-state index is -0.214. The first-order valence-electron chi connectivity index (χ1n) is 9.96. The Morgan fingerprint density at radius 1 is 1.07 bits per heavy atom. The SMILES string of the molecule is COc1cc(C#N)ccc1OCC(=O)NCc1ccc(CN2CCCCC2)cc1. The minimum absolute atomic E-state index is 0.116. The van der Waals surface area contributed by atoms with Gasteiger partial charge >= 0.3 is 0 Å².